The van der Waals surface area contributed by atoms with E-state index in [0.717, 1.165) is 25.1 Å². The summed E-state index contributed by atoms with van der Waals surface area (Å²) in [7, 11) is 0. The van der Waals surface area contributed by atoms with E-state index in [2.05, 4.69) is 23.4 Å². The molecule has 1 aromatic rings. The zero-order valence-electron chi connectivity index (χ0n) is 10.5. The molecular weight excluding hydrogens is 200 g/mol. The Morgan fingerprint density at radius 1 is 1.31 bits per heavy atom. The highest BCUT2D eigenvalue weighted by molar-refractivity contribution is 5.20. The third-order valence-electron chi connectivity index (χ3n) is 3.47. The molecule has 1 heterocycles. The van der Waals surface area contributed by atoms with Gasteiger partial charge in [-0.25, -0.2) is 4.98 Å². The van der Waals surface area contributed by atoms with Crippen LogP contribution in [0.1, 0.15) is 56.4 Å². The van der Waals surface area contributed by atoms with Crippen LogP contribution in [-0.4, -0.2) is 20.8 Å². The first-order chi connectivity index (χ1) is 7.59. The van der Waals surface area contributed by atoms with E-state index in [-0.39, 0.29) is 6.10 Å². The first kappa shape index (κ1) is 11.6. The van der Waals surface area contributed by atoms with Gasteiger partial charge in [-0.15, -0.1) is 0 Å². The predicted octanol–water partition coefficient (Wildman–Crippen LogP) is 2.40. The largest absolute Gasteiger partial charge is 0.393 e. The number of aryl methyl sites for hydroxylation is 2. The van der Waals surface area contributed by atoms with Crippen LogP contribution in [0.4, 0.5) is 0 Å². The molecule has 3 heteroatoms. The van der Waals surface area contributed by atoms with Gasteiger partial charge >= 0.3 is 0 Å². The Bertz CT molecular complexity index is 368. The van der Waals surface area contributed by atoms with Gasteiger partial charge in [-0.2, -0.15) is 0 Å². The lowest BCUT2D eigenvalue weighted by Gasteiger charge is -2.21. The molecule has 90 valence electrons. The summed E-state index contributed by atoms with van der Waals surface area (Å²) in [4.78, 5) is 4.66. The van der Waals surface area contributed by atoms with E-state index in [1.54, 1.807) is 0 Å². The Balaban J connectivity index is 2.28. The molecular formula is C13H22N2O. The lowest BCUT2D eigenvalue weighted by molar-refractivity contribution is 0.164. The van der Waals surface area contributed by atoms with Crippen LogP contribution < -0.4 is 0 Å². The second-order valence-electron chi connectivity index (χ2n) is 5.06. The highest BCUT2D eigenvalue weighted by Crippen LogP contribution is 2.27. The van der Waals surface area contributed by atoms with E-state index < -0.39 is 0 Å². The molecule has 0 fully saturated rings. The van der Waals surface area contributed by atoms with Crippen molar-refractivity contribution in [1.29, 1.82) is 0 Å². The second-order valence-corrected chi connectivity index (χ2v) is 5.06. The first-order valence-electron chi connectivity index (χ1n) is 6.34. The Kier molecular flexibility index (Phi) is 3.33. The molecule has 0 amide bonds. The van der Waals surface area contributed by atoms with Crippen LogP contribution in [0.3, 0.4) is 0 Å². The molecule has 2 atom stereocenters. The quantitative estimate of drug-likeness (QED) is 0.852. The molecule has 0 bridgehead atoms. The number of fused-ring (bicyclic) bond motifs is 1. The summed E-state index contributed by atoms with van der Waals surface area (Å²) in [6, 6.07) is 0.356. The first-order valence-corrected chi connectivity index (χ1v) is 6.34. The van der Waals surface area contributed by atoms with Crippen molar-refractivity contribution < 1.29 is 5.11 Å². The van der Waals surface area contributed by atoms with E-state index in [9.17, 15) is 5.11 Å². The molecule has 1 aromatic heterocycles. The third kappa shape index (κ3) is 2.14. The normalized spacial score (nSPS) is 19.2. The average molecular weight is 222 g/mol. The van der Waals surface area contributed by atoms with Gasteiger partial charge in [0, 0.05) is 11.7 Å². The summed E-state index contributed by atoms with van der Waals surface area (Å²) < 4.78 is 2.33. The third-order valence-corrected chi connectivity index (χ3v) is 3.47. The van der Waals surface area contributed by atoms with E-state index in [1.807, 2.05) is 6.92 Å². The van der Waals surface area contributed by atoms with Crippen molar-refractivity contribution in [2.24, 2.45) is 0 Å². The summed E-state index contributed by atoms with van der Waals surface area (Å²) in [5.41, 5.74) is 2.71. The number of hydrogen-bond acceptors (Lipinski definition) is 2. The number of imidazole rings is 1. The van der Waals surface area contributed by atoms with Crippen LogP contribution in [0, 0.1) is 6.92 Å². The van der Waals surface area contributed by atoms with Gasteiger partial charge in [0.1, 0.15) is 5.82 Å². The van der Waals surface area contributed by atoms with Crippen LogP contribution in [0.15, 0.2) is 0 Å². The number of aliphatic hydroxyl groups excluding tert-OH is 1. The van der Waals surface area contributed by atoms with Crippen molar-refractivity contribution in [2.45, 2.75) is 65.0 Å². The molecule has 0 saturated carbocycles. The van der Waals surface area contributed by atoms with Gasteiger partial charge in [0.25, 0.3) is 0 Å². The SMILES string of the molecule is Cc1nc2c(n1C(C)CC(C)O)CCCC2. The van der Waals surface area contributed by atoms with Gasteiger partial charge in [0.2, 0.25) is 0 Å². The zero-order valence-corrected chi connectivity index (χ0v) is 10.5. The van der Waals surface area contributed by atoms with Gasteiger partial charge in [-0.1, -0.05) is 0 Å². The van der Waals surface area contributed by atoms with Crippen molar-refractivity contribution in [3.05, 3.63) is 17.2 Å². The molecule has 0 saturated heterocycles. The van der Waals surface area contributed by atoms with E-state index >= 15 is 0 Å². The minimum atomic E-state index is -0.240. The summed E-state index contributed by atoms with van der Waals surface area (Å²) >= 11 is 0. The lowest BCUT2D eigenvalue weighted by Crippen LogP contribution is -2.17. The monoisotopic (exact) mass is 222 g/mol. The van der Waals surface area contributed by atoms with Crippen molar-refractivity contribution in [1.82, 2.24) is 9.55 Å². The Labute approximate surface area is 97.5 Å². The Morgan fingerprint density at radius 3 is 2.69 bits per heavy atom. The lowest BCUT2D eigenvalue weighted by atomic mass is 10.0. The minimum absolute atomic E-state index is 0.240. The van der Waals surface area contributed by atoms with Gasteiger partial charge in [-0.3, -0.25) is 0 Å². The number of rotatable bonds is 3. The van der Waals surface area contributed by atoms with Crippen LogP contribution in [0.2, 0.25) is 0 Å². The summed E-state index contributed by atoms with van der Waals surface area (Å²) in [6.45, 7) is 6.11. The maximum Gasteiger partial charge on any atom is 0.106 e. The van der Waals surface area contributed by atoms with Crippen molar-refractivity contribution in [3.63, 3.8) is 0 Å². The number of nitrogens with zero attached hydrogens (tertiary/aromatic N) is 2. The van der Waals surface area contributed by atoms with Crippen molar-refractivity contribution in [3.8, 4) is 0 Å². The molecule has 0 aliphatic heterocycles. The number of aliphatic hydroxyl groups is 1. The van der Waals surface area contributed by atoms with Crippen molar-refractivity contribution >= 4 is 0 Å². The molecule has 0 aromatic carbocycles. The topological polar surface area (TPSA) is 38.0 Å². The fraction of sp³-hybridized carbons (Fsp3) is 0.769. The van der Waals surface area contributed by atoms with E-state index in [4.69, 9.17) is 0 Å². The van der Waals surface area contributed by atoms with Crippen LogP contribution in [-0.2, 0) is 12.8 Å². The number of aromatic nitrogens is 2. The highest BCUT2D eigenvalue weighted by atomic mass is 16.3. The molecule has 0 radical (unpaired) electrons. The molecule has 3 nitrogen and oxygen atoms in total. The van der Waals surface area contributed by atoms with Gasteiger partial charge in [-0.05, 0) is 52.9 Å². The molecule has 0 spiro atoms. The van der Waals surface area contributed by atoms with Crippen LogP contribution in [0.25, 0.3) is 0 Å². The van der Waals surface area contributed by atoms with Gasteiger partial charge in [0.15, 0.2) is 0 Å². The van der Waals surface area contributed by atoms with Crippen LogP contribution in [0.5, 0.6) is 0 Å². The molecule has 2 unspecified atom stereocenters. The van der Waals surface area contributed by atoms with Gasteiger partial charge in [0.05, 0.1) is 11.8 Å². The molecule has 16 heavy (non-hydrogen) atoms. The number of hydrogen-bond donors (Lipinski definition) is 1. The zero-order chi connectivity index (χ0) is 11.7. The Morgan fingerprint density at radius 2 is 2.00 bits per heavy atom. The highest BCUT2D eigenvalue weighted by Gasteiger charge is 2.21. The predicted molar refractivity (Wildman–Crippen MR) is 64.6 cm³/mol. The fourth-order valence-corrected chi connectivity index (χ4v) is 2.88. The minimum Gasteiger partial charge on any atom is -0.393 e. The molecule has 1 aliphatic rings. The Hall–Kier alpha value is -0.830. The van der Waals surface area contributed by atoms with Crippen molar-refractivity contribution in [2.75, 3.05) is 0 Å². The maximum absolute atomic E-state index is 9.48. The standard InChI is InChI=1S/C13H22N2O/c1-9(8-10(2)16)15-11(3)14-12-6-4-5-7-13(12)15/h9-10,16H,4-8H2,1-3H3. The average Bonchev–Trinajstić information content (AvgIpc) is 2.52. The van der Waals surface area contributed by atoms with Crippen LogP contribution >= 0.6 is 0 Å². The van der Waals surface area contributed by atoms with Gasteiger partial charge < -0.3 is 9.67 Å². The molecule has 2 rings (SSSR count). The molecule has 1 aliphatic carbocycles. The second kappa shape index (κ2) is 4.58. The summed E-state index contributed by atoms with van der Waals surface area (Å²) in [6.07, 6.45) is 5.40. The maximum atomic E-state index is 9.48. The van der Waals surface area contributed by atoms with E-state index in [0.29, 0.717) is 6.04 Å². The fourth-order valence-electron chi connectivity index (χ4n) is 2.88. The summed E-state index contributed by atoms with van der Waals surface area (Å²) in [5, 5.41) is 9.48. The smallest absolute Gasteiger partial charge is 0.106 e. The molecule has 1 N–H and O–H groups in total. The van der Waals surface area contributed by atoms with E-state index in [1.165, 1.54) is 24.2 Å². The summed E-state index contributed by atoms with van der Waals surface area (Å²) in [5.74, 6) is 1.11.